The van der Waals surface area contributed by atoms with Gasteiger partial charge in [0.25, 0.3) is 0 Å². The van der Waals surface area contributed by atoms with Crippen LogP contribution < -0.4 is 0 Å². The Bertz CT molecular complexity index is 298. The van der Waals surface area contributed by atoms with Crippen LogP contribution in [0.5, 0.6) is 0 Å². The molecule has 2 nitrogen and oxygen atoms in total. The first kappa shape index (κ1) is 14.8. The third-order valence-corrected chi connectivity index (χ3v) is 1.17. The molecule has 0 aromatic heterocycles. The van der Waals surface area contributed by atoms with E-state index >= 15 is 0 Å². The van der Waals surface area contributed by atoms with Crippen LogP contribution in [-0.2, 0) is 4.74 Å². The summed E-state index contributed by atoms with van der Waals surface area (Å²) in [6.45, 7) is 0. The molecule has 0 aromatic rings. The SMILES string of the molecule is N#CC(F)(F)C(F)(OC(F)(F)F)C(F)(F)F. The standard InChI is InChI=1S/C5F9NO/c6-2(7,1-15)3(8,4(9,10)11)16-5(12,13)14. The van der Waals surface area contributed by atoms with Gasteiger partial charge in [0.05, 0.1) is 0 Å². The Hall–Kier alpha value is -1.18. The molecule has 11 heteroatoms. The molecule has 0 spiro atoms. The molecule has 0 heterocycles. The molecule has 0 N–H and O–H groups in total. The van der Waals surface area contributed by atoms with Crippen LogP contribution in [0.2, 0.25) is 0 Å². The predicted octanol–water partition coefficient (Wildman–Crippen LogP) is 2.91. The first-order chi connectivity index (χ1) is 6.77. The van der Waals surface area contributed by atoms with Crippen LogP contribution in [0.15, 0.2) is 0 Å². The van der Waals surface area contributed by atoms with Gasteiger partial charge in [-0.15, -0.1) is 13.2 Å². The van der Waals surface area contributed by atoms with Crippen LogP contribution in [0.25, 0.3) is 0 Å². The van der Waals surface area contributed by atoms with E-state index in [1.807, 2.05) is 0 Å². The van der Waals surface area contributed by atoms with Crippen molar-refractivity contribution >= 4 is 0 Å². The van der Waals surface area contributed by atoms with E-state index in [1.54, 1.807) is 4.74 Å². The maximum Gasteiger partial charge on any atom is 0.525 e. The maximum absolute atomic E-state index is 12.5. The highest BCUT2D eigenvalue weighted by atomic mass is 19.4. The molecule has 94 valence electrons. The van der Waals surface area contributed by atoms with Gasteiger partial charge in [0.2, 0.25) is 0 Å². The summed E-state index contributed by atoms with van der Waals surface area (Å²) in [6, 6.07) is -0.542. The molecule has 0 rings (SSSR count). The quantitative estimate of drug-likeness (QED) is 0.716. The van der Waals surface area contributed by atoms with Crippen LogP contribution >= 0.6 is 0 Å². The average molecular weight is 261 g/mol. The lowest BCUT2D eigenvalue weighted by Crippen LogP contribution is -2.58. The van der Waals surface area contributed by atoms with Crippen LogP contribution in [0, 0.1) is 11.3 Å². The molecule has 0 radical (unpaired) electrons. The summed E-state index contributed by atoms with van der Waals surface area (Å²) in [5.41, 5.74) is 0. The van der Waals surface area contributed by atoms with Gasteiger partial charge in [-0.05, 0) is 0 Å². The fourth-order valence-corrected chi connectivity index (χ4v) is 0.531. The summed E-state index contributed by atoms with van der Waals surface area (Å²) in [5, 5.41) is 7.50. The van der Waals surface area contributed by atoms with Crippen molar-refractivity contribution in [1.82, 2.24) is 0 Å². The topological polar surface area (TPSA) is 33.0 Å². The number of hydrogen-bond acceptors (Lipinski definition) is 2. The normalized spacial score (nSPS) is 17.8. The van der Waals surface area contributed by atoms with Crippen LogP contribution in [0.3, 0.4) is 0 Å². The highest BCUT2D eigenvalue weighted by molar-refractivity contribution is 5.06. The van der Waals surface area contributed by atoms with Gasteiger partial charge < -0.3 is 0 Å². The second-order valence-electron chi connectivity index (χ2n) is 2.33. The average Bonchev–Trinajstić information content (AvgIpc) is 1.98. The van der Waals surface area contributed by atoms with E-state index in [0.29, 0.717) is 0 Å². The van der Waals surface area contributed by atoms with Gasteiger partial charge >= 0.3 is 24.3 Å². The molecule has 1 unspecified atom stereocenters. The first-order valence-corrected chi connectivity index (χ1v) is 3.08. The minimum Gasteiger partial charge on any atom is -0.239 e. The van der Waals surface area contributed by atoms with Gasteiger partial charge in [-0.25, -0.2) is 4.74 Å². The molecule has 0 aliphatic rings. The van der Waals surface area contributed by atoms with Gasteiger partial charge in [0.1, 0.15) is 6.07 Å². The van der Waals surface area contributed by atoms with Crippen molar-refractivity contribution in [2.24, 2.45) is 0 Å². The highest BCUT2D eigenvalue weighted by Crippen LogP contribution is 2.48. The minimum atomic E-state index is -6.73. The third-order valence-electron chi connectivity index (χ3n) is 1.17. The van der Waals surface area contributed by atoms with Gasteiger partial charge in [-0.3, -0.25) is 0 Å². The van der Waals surface area contributed by atoms with Gasteiger partial charge in [0.15, 0.2) is 0 Å². The van der Waals surface area contributed by atoms with Gasteiger partial charge in [0, 0.05) is 0 Å². The van der Waals surface area contributed by atoms with E-state index in [-0.39, 0.29) is 0 Å². The highest BCUT2D eigenvalue weighted by Gasteiger charge is 2.76. The molecule has 0 saturated carbocycles. The summed E-state index contributed by atoms with van der Waals surface area (Å²) in [7, 11) is 0. The molecule has 0 aliphatic carbocycles. The smallest absolute Gasteiger partial charge is 0.239 e. The van der Waals surface area contributed by atoms with Gasteiger partial charge in [-0.2, -0.15) is 31.6 Å². The summed E-state index contributed by atoms with van der Waals surface area (Å²) in [4.78, 5) is 0. The van der Waals surface area contributed by atoms with Crippen molar-refractivity contribution in [2.75, 3.05) is 0 Å². The largest absolute Gasteiger partial charge is 0.525 e. The molecule has 0 saturated heterocycles. The van der Waals surface area contributed by atoms with Crippen molar-refractivity contribution in [3.8, 4) is 6.07 Å². The van der Waals surface area contributed by atoms with Gasteiger partial charge in [-0.1, -0.05) is 0 Å². The zero-order valence-electron chi connectivity index (χ0n) is 6.76. The summed E-state index contributed by atoms with van der Waals surface area (Å²) in [6.07, 6.45) is -13.1. The Morgan fingerprint density at radius 3 is 1.38 bits per heavy atom. The molecule has 16 heavy (non-hydrogen) atoms. The Balaban J connectivity index is 5.51. The number of rotatable bonds is 2. The lowest BCUT2D eigenvalue weighted by Gasteiger charge is -2.30. The van der Waals surface area contributed by atoms with E-state index in [2.05, 4.69) is 0 Å². The molecule has 0 aliphatic heterocycles. The molecule has 0 amide bonds. The lowest BCUT2D eigenvalue weighted by molar-refractivity contribution is -0.478. The third kappa shape index (κ3) is 2.69. The number of hydrogen-bond donors (Lipinski definition) is 0. The summed E-state index contributed by atoms with van der Waals surface area (Å²) < 4.78 is 108. The monoisotopic (exact) mass is 261 g/mol. The van der Waals surface area contributed by atoms with E-state index in [9.17, 15) is 39.5 Å². The van der Waals surface area contributed by atoms with E-state index in [4.69, 9.17) is 5.26 Å². The molecule has 0 fully saturated rings. The second kappa shape index (κ2) is 3.69. The summed E-state index contributed by atoms with van der Waals surface area (Å²) >= 11 is 0. The number of nitrogens with zero attached hydrogens (tertiary/aromatic N) is 1. The van der Waals surface area contributed by atoms with Crippen molar-refractivity contribution < 1.29 is 44.3 Å². The number of alkyl halides is 9. The Morgan fingerprint density at radius 1 is 0.812 bits per heavy atom. The zero-order chi connectivity index (χ0) is 13.4. The molecular weight excluding hydrogens is 261 g/mol. The number of ether oxygens (including phenoxy) is 1. The van der Waals surface area contributed by atoms with E-state index in [0.717, 1.165) is 0 Å². The van der Waals surface area contributed by atoms with Crippen LogP contribution in [0.4, 0.5) is 39.5 Å². The van der Waals surface area contributed by atoms with Crippen LogP contribution in [-0.4, -0.2) is 24.3 Å². The number of nitriles is 1. The maximum atomic E-state index is 12.5. The first-order valence-electron chi connectivity index (χ1n) is 3.08. The molecule has 0 aromatic carbocycles. The van der Waals surface area contributed by atoms with Crippen molar-refractivity contribution in [1.29, 1.82) is 5.26 Å². The lowest BCUT2D eigenvalue weighted by atomic mass is 10.1. The van der Waals surface area contributed by atoms with Crippen molar-refractivity contribution in [3.05, 3.63) is 0 Å². The van der Waals surface area contributed by atoms with Crippen molar-refractivity contribution in [3.63, 3.8) is 0 Å². The zero-order valence-corrected chi connectivity index (χ0v) is 6.76. The Kier molecular flexibility index (Phi) is 3.42. The Morgan fingerprint density at radius 2 is 1.19 bits per heavy atom. The fraction of sp³-hybridized carbons (Fsp3) is 0.800. The summed E-state index contributed by atoms with van der Waals surface area (Å²) in [5.74, 6) is -12.5. The fourth-order valence-electron chi connectivity index (χ4n) is 0.531. The molecule has 1 atom stereocenters. The molecule has 0 bridgehead atoms. The Labute approximate surface area is 81.2 Å². The predicted molar refractivity (Wildman–Crippen MR) is 27.6 cm³/mol. The van der Waals surface area contributed by atoms with E-state index < -0.39 is 30.4 Å². The molecular formula is C5F9NO. The number of halogens is 9. The van der Waals surface area contributed by atoms with Crippen LogP contribution in [0.1, 0.15) is 0 Å². The van der Waals surface area contributed by atoms with Crippen molar-refractivity contribution in [2.45, 2.75) is 24.3 Å². The minimum absolute atomic E-state index is 0.542. The second-order valence-corrected chi connectivity index (χ2v) is 2.33. The van der Waals surface area contributed by atoms with E-state index in [1.165, 1.54) is 0 Å².